The van der Waals surface area contributed by atoms with Crippen LogP contribution in [0.4, 0.5) is 14.4 Å². The van der Waals surface area contributed by atoms with Gasteiger partial charge in [0.05, 0.1) is 0 Å². The molecule has 1 aromatic carbocycles. The number of amides is 1. The number of phenols is 2. The van der Waals surface area contributed by atoms with Gasteiger partial charge in [0.25, 0.3) is 0 Å². The summed E-state index contributed by atoms with van der Waals surface area (Å²) in [7, 11) is 0. The zero-order chi connectivity index (χ0) is 27.9. The van der Waals surface area contributed by atoms with E-state index in [0.717, 1.165) is 0 Å². The Kier molecular flexibility index (Phi) is 9.96. The molecule has 1 unspecified atom stereocenters. The number of hydrogen-bond acceptors (Lipinski definition) is 10. The summed E-state index contributed by atoms with van der Waals surface area (Å²) in [5, 5.41) is 30.7. The van der Waals surface area contributed by atoms with Crippen molar-refractivity contribution >= 4 is 24.4 Å². The van der Waals surface area contributed by atoms with Crippen LogP contribution in [0.1, 0.15) is 66.9 Å². The number of carboxylic acid groups (broad SMARTS) is 1. The van der Waals surface area contributed by atoms with Gasteiger partial charge in [-0.15, -0.1) is 0 Å². The van der Waals surface area contributed by atoms with Gasteiger partial charge in [0, 0.05) is 6.42 Å². The molecule has 0 aliphatic heterocycles. The molecule has 202 valence electrons. The summed E-state index contributed by atoms with van der Waals surface area (Å²) < 4.78 is 19.9. The van der Waals surface area contributed by atoms with Crippen molar-refractivity contribution in [2.75, 3.05) is 0 Å². The number of aromatic hydroxyl groups is 2. The van der Waals surface area contributed by atoms with Crippen LogP contribution in [0.2, 0.25) is 0 Å². The Balaban J connectivity index is 2.63. The summed E-state index contributed by atoms with van der Waals surface area (Å²) in [4.78, 5) is 47.5. The Labute approximate surface area is 209 Å². The molecule has 0 fully saturated rings. The third kappa shape index (κ3) is 11.6. The van der Waals surface area contributed by atoms with Crippen molar-refractivity contribution in [2.24, 2.45) is 0 Å². The van der Waals surface area contributed by atoms with E-state index in [2.05, 4.69) is 10.1 Å². The van der Waals surface area contributed by atoms with Crippen LogP contribution in [0.3, 0.4) is 0 Å². The molecule has 0 aliphatic rings. The van der Waals surface area contributed by atoms with Crippen molar-refractivity contribution < 1.29 is 53.4 Å². The molecule has 0 aromatic heterocycles. The van der Waals surface area contributed by atoms with Crippen LogP contribution in [0.25, 0.3) is 0 Å². The second-order valence-corrected chi connectivity index (χ2v) is 10.4. The monoisotopic (exact) mass is 513 g/mol. The molecule has 4 N–H and O–H groups in total. The van der Waals surface area contributed by atoms with Gasteiger partial charge in [-0.3, -0.25) is 0 Å². The highest BCUT2D eigenvalue weighted by atomic mass is 16.8. The zero-order valence-corrected chi connectivity index (χ0v) is 21.5. The number of carbonyl (C=O) groups is 4. The van der Waals surface area contributed by atoms with Crippen LogP contribution in [0.15, 0.2) is 18.2 Å². The first-order chi connectivity index (χ1) is 16.3. The van der Waals surface area contributed by atoms with E-state index in [1.54, 1.807) is 48.5 Å². The van der Waals surface area contributed by atoms with E-state index in [-0.39, 0.29) is 25.0 Å². The lowest BCUT2D eigenvalue weighted by Crippen LogP contribution is -2.45. The number of alkyl carbamates (subject to hydrolysis) is 1. The van der Waals surface area contributed by atoms with Crippen molar-refractivity contribution in [3.63, 3.8) is 0 Å². The summed E-state index contributed by atoms with van der Waals surface area (Å²) in [6.45, 7) is 11.2. The Morgan fingerprint density at radius 3 is 1.86 bits per heavy atom. The van der Waals surface area contributed by atoms with E-state index < -0.39 is 53.0 Å². The quantitative estimate of drug-likeness (QED) is 0.161. The fourth-order valence-electron chi connectivity index (χ4n) is 2.84. The van der Waals surface area contributed by atoms with Crippen LogP contribution in [0, 0.1) is 0 Å². The first-order valence-corrected chi connectivity index (χ1v) is 11.2. The maximum Gasteiger partial charge on any atom is 0.519 e. The van der Waals surface area contributed by atoms with E-state index in [1.807, 2.05) is 0 Å². The average Bonchev–Trinajstić information content (AvgIpc) is 2.66. The predicted molar refractivity (Wildman–Crippen MR) is 126 cm³/mol. The lowest BCUT2D eigenvalue weighted by atomic mass is 9.94. The number of hydrogen-bond donors (Lipinski definition) is 4. The van der Waals surface area contributed by atoms with E-state index in [1.165, 1.54) is 18.2 Å². The summed E-state index contributed by atoms with van der Waals surface area (Å²) in [6, 6.07) is 2.45. The molecule has 0 radical (unpaired) electrons. The molecule has 0 spiro atoms. The lowest BCUT2D eigenvalue weighted by molar-refractivity contribution is -0.139. The van der Waals surface area contributed by atoms with Crippen LogP contribution in [0.5, 0.6) is 11.5 Å². The first kappa shape index (κ1) is 30.3. The highest BCUT2D eigenvalue weighted by Gasteiger charge is 2.32. The van der Waals surface area contributed by atoms with Gasteiger partial charge < -0.3 is 39.6 Å². The fraction of sp³-hybridized carbons (Fsp3) is 0.583. The van der Waals surface area contributed by atoms with Crippen molar-refractivity contribution in [1.82, 2.24) is 5.32 Å². The van der Waals surface area contributed by atoms with E-state index in [4.69, 9.17) is 14.2 Å². The number of benzene rings is 1. The summed E-state index contributed by atoms with van der Waals surface area (Å²) in [5.41, 5.74) is -2.66. The van der Waals surface area contributed by atoms with Crippen molar-refractivity contribution in [3.8, 4) is 11.5 Å². The number of phenolic OH excluding ortho intramolecular Hbond substituents is 2. The van der Waals surface area contributed by atoms with Gasteiger partial charge in [0.15, 0.2) is 11.5 Å². The molecule has 1 amide bonds. The molecular formula is C24H35NO11. The maximum absolute atomic E-state index is 12.4. The largest absolute Gasteiger partial charge is 0.519 e. The number of rotatable bonds is 9. The Morgan fingerprint density at radius 2 is 1.36 bits per heavy atom. The zero-order valence-electron chi connectivity index (χ0n) is 21.5. The maximum atomic E-state index is 12.4. The number of ether oxygens (including phenoxy) is 4. The van der Waals surface area contributed by atoms with Gasteiger partial charge in [-0.2, -0.15) is 0 Å². The number of carbonyl (C=O) groups excluding carboxylic acids is 3. The van der Waals surface area contributed by atoms with Crippen LogP contribution in [-0.4, -0.2) is 62.5 Å². The Hall–Kier alpha value is -3.70. The summed E-state index contributed by atoms with van der Waals surface area (Å²) in [5.74, 6) is -2.10. The molecule has 1 rings (SSSR count). The van der Waals surface area contributed by atoms with Crippen LogP contribution < -0.4 is 5.32 Å². The predicted octanol–water partition coefficient (Wildman–Crippen LogP) is 4.25. The highest BCUT2D eigenvalue weighted by Crippen LogP contribution is 2.27. The second kappa shape index (κ2) is 11.8. The van der Waals surface area contributed by atoms with E-state index in [9.17, 15) is 34.5 Å². The molecule has 1 aromatic rings. The van der Waals surface area contributed by atoms with Gasteiger partial charge >= 0.3 is 24.4 Å². The molecular weight excluding hydrogens is 478 g/mol. The Morgan fingerprint density at radius 1 is 0.833 bits per heavy atom. The lowest BCUT2D eigenvalue weighted by Gasteiger charge is -2.31. The molecule has 12 heteroatoms. The highest BCUT2D eigenvalue weighted by molar-refractivity contribution is 5.80. The Bertz CT molecular complexity index is 963. The topological polar surface area (TPSA) is 178 Å². The number of nitrogens with one attached hydrogen (secondary N) is 1. The molecule has 1 atom stereocenters. The van der Waals surface area contributed by atoms with Gasteiger partial charge in [-0.25, -0.2) is 19.2 Å². The molecule has 0 bridgehead atoms. The molecule has 0 aliphatic carbocycles. The smallest absolute Gasteiger partial charge is 0.504 e. The van der Waals surface area contributed by atoms with Crippen molar-refractivity contribution in [1.29, 1.82) is 0 Å². The van der Waals surface area contributed by atoms with Gasteiger partial charge in [-0.1, -0.05) is 6.07 Å². The second-order valence-electron chi connectivity index (χ2n) is 10.4. The standard InChI is InChI=1S/C24H35NO11/c1-22(2,3)35-20(31)33-21(32)36-24(6,7)11-10-23(4,5)34-19(30)25-15(18(28)29)12-14-8-9-16(26)17(27)13-14/h8-9,13,15,26-27H,10-12H2,1-7H3,(H,25,30)(H,28,29). The fourth-order valence-corrected chi connectivity index (χ4v) is 2.84. The third-order valence-corrected chi connectivity index (χ3v) is 4.68. The van der Waals surface area contributed by atoms with Crippen molar-refractivity contribution in [2.45, 2.75) is 90.6 Å². The third-order valence-electron chi connectivity index (χ3n) is 4.68. The SMILES string of the molecule is CC(C)(C)OC(=O)OC(=O)OC(C)(C)CCC(C)(C)OC(=O)NC(Cc1ccc(O)c(O)c1)C(=O)O. The molecule has 0 saturated carbocycles. The minimum Gasteiger partial charge on any atom is -0.504 e. The normalized spacial score (nSPS) is 12.8. The van der Waals surface area contributed by atoms with Crippen LogP contribution in [-0.2, 0) is 30.2 Å². The summed E-state index contributed by atoms with van der Waals surface area (Å²) >= 11 is 0. The van der Waals surface area contributed by atoms with Crippen LogP contribution >= 0.6 is 0 Å². The first-order valence-electron chi connectivity index (χ1n) is 11.2. The van der Waals surface area contributed by atoms with Gasteiger partial charge in [0.2, 0.25) is 0 Å². The minimum atomic E-state index is -1.36. The minimum absolute atomic E-state index is 0.167. The summed E-state index contributed by atoms with van der Waals surface area (Å²) in [6.07, 6.45) is -3.19. The number of carboxylic acids is 1. The average molecular weight is 514 g/mol. The van der Waals surface area contributed by atoms with E-state index in [0.29, 0.717) is 5.56 Å². The van der Waals surface area contributed by atoms with E-state index >= 15 is 0 Å². The molecule has 12 nitrogen and oxygen atoms in total. The van der Waals surface area contributed by atoms with Gasteiger partial charge in [-0.05, 0) is 79.0 Å². The molecule has 0 heterocycles. The van der Waals surface area contributed by atoms with Crippen molar-refractivity contribution in [3.05, 3.63) is 23.8 Å². The number of aliphatic carboxylic acids is 1. The molecule has 36 heavy (non-hydrogen) atoms. The van der Waals surface area contributed by atoms with Gasteiger partial charge in [0.1, 0.15) is 22.8 Å². The molecule has 0 saturated heterocycles.